The predicted octanol–water partition coefficient (Wildman–Crippen LogP) is 3.56. The van der Waals surface area contributed by atoms with Gasteiger partial charge >= 0.3 is 6.18 Å². The van der Waals surface area contributed by atoms with Crippen molar-refractivity contribution in [3.63, 3.8) is 0 Å². The predicted molar refractivity (Wildman–Crippen MR) is 81.3 cm³/mol. The second-order valence-electron chi connectivity index (χ2n) is 5.95. The maximum atomic E-state index is 12.8. The molecule has 4 rings (SSSR count). The van der Waals surface area contributed by atoms with Crippen molar-refractivity contribution in [2.45, 2.75) is 25.1 Å². The first-order valence-corrected chi connectivity index (χ1v) is 7.56. The fourth-order valence-electron chi connectivity index (χ4n) is 3.22. The van der Waals surface area contributed by atoms with E-state index in [0.717, 1.165) is 49.7 Å². The van der Waals surface area contributed by atoms with Gasteiger partial charge in [-0.1, -0.05) is 0 Å². The van der Waals surface area contributed by atoms with E-state index in [9.17, 15) is 13.2 Å². The van der Waals surface area contributed by atoms with Gasteiger partial charge in [0, 0.05) is 37.1 Å². The topological polar surface area (TPSA) is 41.1 Å². The summed E-state index contributed by atoms with van der Waals surface area (Å²) in [5.74, 6) is 0.746. The Kier molecular flexibility index (Phi) is 3.18. The first kappa shape index (κ1) is 14.3. The summed E-state index contributed by atoms with van der Waals surface area (Å²) in [5.41, 5.74) is 1.12. The molecule has 23 heavy (non-hydrogen) atoms. The Balaban J connectivity index is 1.73. The molecule has 0 aliphatic carbocycles. The minimum atomic E-state index is -4.40. The second-order valence-corrected chi connectivity index (χ2v) is 5.95. The number of fused-ring (bicyclic) bond motifs is 4. The summed E-state index contributed by atoms with van der Waals surface area (Å²) in [6.07, 6.45) is 0.0612. The van der Waals surface area contributed by atoms with Gasteiger partial charge in [0.2, 0.25) is 0 Å². The van der Waals surface area contributed by atoms with E-state index in [1.165, 1.54) is 6.20 Å². The molecule has 2 aliphatic heterocycles. The van der Waals surface area contributed by atoms with Crippen LogP contribution >= 0.6 is 0 Å². The summed E-state index contributed by atoms with van der Waals surface area (Å²) in [6.45, 7) is 1.95. The molecule has 2 aromatic rings. The molecule has 4 heterocycles. The highest BCUT2D eigenvalue weighted by Crippen LogP contribution is 2.36. The minimum absolute atomic E-state index is 0.360. The van der Waals surface area contributed by atoms with Crippen LogP contribution in [0.4, 0.5) is 24.7 Å². The quantitative estimate of drug-likeness (QED) is 0.872. The smallest absolute Gasteiger partial charge is 0.366 e. The lowest BCUT2D eigenvalue weighted by Gasteiger charge is -2.40. The molecule has 2 bridgehead atoms. The molecule has 0 spiro atoms. The Morgan fingerprint density at radius 1 is 1.22 bits per heavy atom. The van der Waals surface area contributed by atoms with E-state index in [0.29, 0.717) is 17.3 Å². The number of alkyl halides is 3. The van der Waals surface area contributed by atoms with Crippen LogP contribution in [0.15, 0.2) is 30.6 Å². The molecule has 1 saturated heterocycles. The number of anilines is 2. The Labute approximate surface area is 131 Å². The van der Waals surface area contributed by atoms with E-state index in [1.807, 2.05) is 6.07 Å². The average Bonchev–Trinajstić information content (AvgIpc) is 2.54. The van der Waals surface area contributed by atoms with Gasteiger partial charge in [-0.3, -0.25) is 4.98 Å². The van der Waals surface area contributed by atoms with Crippen LogP contribution in [0.5, 0.6) is 0 Å². The summed E-state index contributed by atoms with van der Waals surface area (Å²) < 4.78 is 38.5. The SMILES string of the molecule is FC(F)(F)c1cncc(-c2ccc3c(n2)N[C@H]2CCCN3C2)c1. The average molecular weight is 320 g/mol. The summed E-state index contributed by atoms with van der Waals surface area (Å²) in [4.78, 5) is 10.5. The number of halogens is 3. The first-order valence-electron chi connectivity index (χ1n) is 7.56. The van der Waals surface area contributed by atoms with Gasteiger partial charge < -0.3 is 10.2 Å². The lowest BCUT2D eigenvalue weighted by molar-refractivity contribution is -0.137. The Morgan fingerprint density at radius 2 is 2.09 bits per heavy atom. The molecular formula is C16H15F3N4. The third kappa shape index (κ3) is 2.60. The Bertz CT molecular complexity index is 744. The maximum Gasteiger partial charge on any atom is 0.417 e. The highest BCUT2D eigenvalue weighted by Gasteiger charge is 2.32. The monoisotopic (exact) mass is 320 g/mol. The zero-order valence-electron chi connectivity index (χ0n) is 12.3. The van der Waals surface area contributed by atoms with Crippen molar-refractivity contribution in [2.75, 3.05) is 23.3 Å². The van der Waals surface area contributed by atoms with Gasteiger partial charge in [-0.05, 0) is 31.0 Å². The summed E-state index contributed by atoms with van der Waals surface area (Å²) in [6, 6.07) is 5.13. The molecule has 4 nitrogen and oxygen atoms in total. The lowest BCUT2D eigenvalue weighted by Crippen LogP contribution is -2.46. The zero-order chi connectivity index (χ0) is 16.0. The van der Waals surface area contributed by atoms with Gasteiger partial charge in [-0.15, -0.1) is 0 Å². The highest BCUT2D eigenvalue weighted by atomic mass is 19.4. The van der Waals surface area contributed by atoms with Crippen molar-refractivity contribution < 1.29 is 13.2 Å². The number of pyridine rings is 2. The molecule has 2 aromatic heterocycles. The molecular weight excluding hydrogens is 305 g/mol. The molecule has 1 N–H and O–H groups in total. The molecule has 0 saturated carbocycles. The number of piperidine rings is 1. The Hall–Kier alpha value is -2.31. The number of rotatable bonds is 1. The normalized spacial score (nSPS) is 20.0. The number of aromatic nitrogens is 2. The van der Waals surface area contributed by atoms with Crippen molar-refractivity contribution in [1.82, 2.24) is 9.97 Å². The van der Waals surface area contributed by atoms with Crippen molar-refractivity contribution in [1.29, 1.82) is 0 Å². The van der Waals surface area contributed by atoms with Crippen LogP contribution in [0.25, 0.3) is 11.3 Å². The summed E-state index contributed by atoms with van der Waals surface area (Å²) >= 11 is 0. The molecule has 7 heteroatoms. The van der Waals surface area contributed by atoms with Gasteiger partial charge in [0.15, 0.2) is 5.82 Å². The van der Waals surface area contributed by atoms with Crippen LogP contribution in [0.2, 0.25) is 0 Å². The Morgan fingerprint density at radius 3 is 2.91 bits per heavy atom. The van der Waals surface area contributed by atoms with E-state index in [2.05, 4.69) is 20.2 Å². The second kappa shape index (κ2) is 5.11. The van der Waals surface area contributed by atoms with E-state index >= 15 is 0 Å². The highest BCUT2D eigenvalue weighted by molar-refractivity contribution is 5.74. The van der Waals surface area contributed by atoms with Gasteiger partial charge in [-0.25, -0.2) is 4.98 Å². The third-order valence-electron chi connectivity index (χ3n) is 4.34. The maximum absolute atomic E-state index is 12.8. The fraction of sp³-hybridized carbons (Fsp3) is 0.375. The molecule has 120 valence electrons. The van der Waals surface area contributed by atoms with Crippen LogP contribution in [-0.4, -0.2) is 29.1 Å². The van der Waals surface area contributed by atoms with Gasteiger partial charge in [0.1, 0.15) is 0 Å². The van der Waals surface area contributed by atoms with Crippen LogP contribution in [-0.2, 0) is 6.18 Å². The standard InChI is InChI=1S/C16H15F3N4/c17-16(18,19)11-6-10(7-20-8-11)13-3-4-14-15(22-13)21-12-2-1-5-23(14)9-12/h3-4,6-8,12H,1-2,5,9H2,(H,21,22)/t12-/m0/s1. The molecule has 1 fully saturated rings. The summed E-state index contributed by atoms with van der Waals surface area (Å²) in [7, 11) is 0. The van der Waals surface area contributed by atoms with Crippen molar-refractivity contribution in [3.05, 3.63) is 36.2 Å². The van der Waals surface area contributed by atoms with E-state index in [4.69, 9.17) is 0 Å². The molecule has 0 radical (unpaired) electrons. The number of hydrogen-bond donors (Lipinski definition) is 1. The molecule has 0 amide bonds. The number of nitrogens with one attached hydrogen (secondary N) is 1. The van der Waals surface area contributed by atoms with Crippen LogP contribution in [0.1, 0.15) is 18.4 Å². The van der Waals surface area contributed by atoms with Gasteiger partial charge in [0.05, 0.1) is 16.9 Å². The van der Waals surface area contributed by atoms with Crippen LogP contribution in [0.3, 0.4) is 0 Å². The molecule has 2 aliphatic rings. The fourth-order valence-corrected chi connectivity index (χ4v) is 3.22. The summed E-state index contributed by atoms with van der Waals surface area (Å²) in [5, 5.41) is 3.39. The lowest BCUT2D eigenvalue weighted by atomic mass is 10.0. The van der Waals surface area contributed by atoms with Crippen molar-refractivity contribution >= 4 is 11.5 Å². The van der Waals surface area contributed by atoms with E-state index in [-0.39, 0.29) is 0 Å². The third-order valence-corrected chi connectivity index (χ3v) is 4.34. The number of nitrogens with zero attached hydrogens (tertiary/aromatic N) is 3. The van der Waals surface area contributed by atoms with E-state index in [1.54, 1.807) is 6.07 Å². The van der Waals surface area contributed by atoms with Crippen LogP contribution < -0.4 is 10.2 Å². The molecule has 1 atom stereocenters. The van der Waals surface area contributed by atoms with Gasteiger partial charge in [-0.2, -0.15) is 13.2 Å². The first-order chi connectivity index (χ1) is 11.0. The van der Waals surface area contributed by atoms with Crippen molar-refractivity contribution in [3.8, 4) is 11.3 Å². The van der Waals surface area contributed by atoms with Crippen molar-refractivity contribution in [2.24, 2.45) is 0 Å². The minimum Gasteiger partial charge on any atom is -0.366 e. The zero-order valence-corrected chi connectivity index (χ0v) is 12.3. The molecule has 0 aromatic carbocycles. The van der Waals surface area contributed by atoms with Crippen LogP contribution in [0, 0.1) is 0 Å². The van der Waals surface area contributed by atoms with Gasteiger partial charge in [0.25, 0.3) is 0 Å². The largest absolute Gasteiger partial charge is 0.417 e. The molecule has 0 unspecified atom stereocenters. The number of hydrogen-bond acceptors (Lipinski definition) is 4. The van der Waals surface area contributed by atoms with E-state index < -0.39 is 11.7 Å².